The van der Waals surface area contributed by atoms with Gasteiger partial charge in [0.1, 0.15) is 23.6 Å². The van der Waals surface area contributed by atoms with Crippen LogP contribution in [0.25, 0.3) is 22.4 Å². The Morgan fingerprint density at radius 3 is 2.42 bits per heavy atom. The lowest BCUT2D eigenvalue weighted by Crippen LogP contribution is -2.43. The maximum atomic E-state index is 13.9. The Balaban J connectivity index is 1.61. The molecule has 2 heterocycles. The van der Waals surface area contributed by atoms with Crippen molar-refractivity contribution in [3.63, 3.8) is 0 Å². The van der Waals surface area contributed by atoms with Crippen molar-refractivity contribution < 1.29 is 4.79 Å². The number of aromatic nitrogens is 3. The molecule has 170 valence electrons. The summed E-state index contributed by atoms with van der Waals surface area (Å²) in [5, 5.41) is 12.6. The van der Waals surface area contributed by atoms with Gasteiger partial charge < -0.3 is 9.88 Å². The van der Waals surface area contributed by atoms with Gasteiger partial charge in [0.25, 0.3) is 0 Å². The van der Waals surface area contributed by atoms with Crippen LogP contribution in [0.1, 0.15) is 75.9 Å². The van der Waals surface area contributed by atoms with Crippen LogP contribution < -0.4 is 5.32 Å². The van der Waals surface area contributed by atoms with Crippen LogP contribution in [0.3, 0.4) is 0 Å². The van der Waals surface area contributed by atoms with Gasteiger partial charge in [-0.3, -0.25) is 4.79 Å². The number of imidazole rings is 1. The molecule has 1 N–H and O–H groups in total. The van der Waals surface area contributed by atoms with Crippen LogP contribution in [0, 0.1) is 17.2 Å². The molecular weight excluding hydrogens is 410 g/mol. The van der Waals surface area contributed by atoms with Crippen LogP contribution in [-0.2, 0) is 4.79 Å². The third-order valence-corrected chi connectivity index (χ3v) is 7.33. The molecule has 2 aliphatic carbocycles. The van der Waals surface area contributed by atoms with Gasteiger partial charge in [-0.1, -0.05) is 50.7 Å². The van der Waals surface area contributed by atoms with Crippen LogP contribution in [0.5, 0.6) is 0 Å². The number of rotatable bonds is 5. The summed E-state index contributed by atoms with van der Waals surface area (Å²) in [4.78, 5) is 23.1. The number of nitrogens with one attached hydrogen (secondary N) is 1. The van der Waals surface area contributed by atoms with Crippen molar-refractivity contribution in [2.24, 2.45) is 5.92 Å². The number of carbonyl (C=O) groups is 1. The number of carbonyl (C=O) groups excluding carboxylic acids is 1. The van der Waals surface area contributed by atoms with Crippen LogP contribution in [0.2, 0.25) is 0 Å². The van der Waals surface area contributed by atoms with Crippen molar-refractivity contribution in [3.05, 3.63) is 48.3 Å². The van der Waals surface area contributed by atoms with Gasteiger partial charge in [-0.2, -0.15) is 5.26 Å². The number of nitriles is 1. The molecule has 6 heteroatoms. The second-order valence-electron chi connectivity index (χ2n) is 9.52. The minimum atomic E-state index is -0.301. The number of fused-ring (bicyclic) bond motifs is 1. The zero-order valence-electron chi connectivity index (χ0n) is 19.0. The van der Waals surface area contributed by atoms with Gasteiger partial charge in [-0.15, -0.1) is 0 Å². The molecule has 2 aliphatic rings. The Kier molecular flexibility index (Phi) is 6.39. The van der Waals surface area contributed by atoms with Gasteiger partial charge in [-0.05, 0) is 55.9 Å². The highest BCUT2D eigenvalue weighted by atomic mass is 16.2. The summed E-state index contributed by atoms with van der Waals surface area (Å²) in [5.74, 6) is 1.16. The Hall–Kier alpha value is -3.20. The van der Waals surface area contributed by atoms with Gasteiger partial charge in [0, 0.05) is 17.8 Å². The molecule has 0 bridgehead atoms. The minimum Gasteiger partial charge on any atom is -0.352 e. The second kappa shape index (κ2) is 9.74. The normalized spacial score (nSPS) is 18.6. The van der Waals surface area contributed by atoms with Gasteiger partial charge in [0.2, 0.25) is 5.91 Å². The molecule has 2 aromatic heterocycles. The van der Waals surface area contributed by atoms with E-state index in [0.29, 0.717) is 5.69 Å². The highest BCUT2D eigenvalue weighted by Gasteiger charge is 2.35. The number of benzene rings is 1. The van der Waals surface area contributed by atoms with Crippen molar-refractivity contribution in [2.45, 2.75) is 76.3 Å². The first-order chi connectivity index (χ1) is 16.2. The molecule has 0 saturated heterocycles. The molecule has 33 heavy (non-hydrogen) atoms. The highest BCUT2D eigenvalue weighted by molar-refractivity contribution is 5.87. The molecule has 1 aromatic carbocycles. The molecule has 2 saturated carbocycles. The number of hydrogen-bond donors (Lipinski definition) is 1. The average molecular weight is 442 g/mol. The lowest BCUT2D eigenvalue weighted by molar-refractivity contribution is -0.127. The summed E-state index contributed by atoms with van der Waals surface area (Å²) in [5.41, 5.74) is 3.06. The Morgan fingerprint density at radius 2 is 1.73 bits per heavy atom. The van der Waals surface area contributed by atoms with E-state index in [1.807, 2.05) is 24.3 Å². The number of hydrogen-bond acceptors (Lipinski definition) is 4. The zero-order valence-corrected chi connectivity index (χ0v) is 19.0. The fourth-order valence-corrected chi connectivity index (χ4v) is 5.65. The third-order valence-electron chi connectivity index (χ3n) is 7.33. The first-order valence-electron chi connectivity index (χ1n) is 12.4. The standard InChI is InChI=1S/C27H31N5O/c28-17-22-16-15-20(18-29-22)26-31-23-13-7-8-14-24(23)32(26)25(19-9-3-1-4-10-19)27(33)30-21-11-5-2-6-12-21/h7-8,13-16,18-19,21,25H,1-6,9-12H2,(H,30,33). The van der Waals surface area contributed by atoms with Gasteiger partial charge in [-0.25, -0.2) is 9.97 Å². The van der Waals surface area contributed by atoms with E-state index < -0.39 is 0 Å². The van der Waals surface area contributed by atoms with Crippen LogP contribution in [0.15, 0.2) is 42.6 Å². The summed E-state index contributed by atoms with van der Waals surface area (Å²) >= 11 is 0. The maximum Gasteiger partial charge on any atom is 0.243 e. The van der Waals surface area contributed by atoms with Crippen molar-refractivity contribution in [2.75, 3.05) is 0 Å². The third kappa shape index (κ3) is 4.50. The lowest BCUT2D eigenvalue weighted by atomic mass is 9.82. The predicted molar refractivity (Wildman–Crippen MR) is 128 cm³/mol. The molecule has 0 aliphatic heterocycles. The summed E-state index contributed by atoms with van der Waals surface area (Å²) < 4.78 is 2.16. The Labute approximate surface area is 195 Å². The van der Waals surface area contributed by atoms with Gasteiger partial charge in [0.15, 0.2) is 0 Å². The highest BCUT2D eigenvalue weighted by Crippen LogP contribution is 2.38. The van der Waals surface area contributed by atoms with Gasteiger partial charge >= 0.3 is 0 Å². The molecular formula is C27H31N5O. The second-order valence-corrected chi connectivity index (χ2v) is 9.52. The fourth-order valence-electron chi connectivity index (χ4n) is 5.65. The van der Waals surface area contributed by atoms with E-state index in [0.717, 1.165) is 60.9 Å². The average Bonchev–Trinajstić information content (AvgIpc) is 3.25. The van der Waals surface area contributed by atoms with E-state index in [1.165, 1.54) is 25.7 Å². The number of para-hydroxylation sites is 2. The number of amides is 1. The fraction of sp³-hybridized carbons (Fsp3) is 0.481. The summed E-state index contributed by atoms with van der Waals surface area (Å²) in [7, 11) is 0. The molecule has 2 fully saturated rings. The molecule has 5 rings (SSSR count). The monoisotopic (exact) mass is 441 g/mol. The predicted octanol–water partition coefficient (Wildman–Crippen LogP) is 5.54. The molecule has 1 atom stereocenters. The first kappa shape index (κ1) is 21.6. The van der Waals surface area contributed by atoms with Crippen molar-refractivity contribution in [1.82, 2.24) is 19.9 Å². The lowest BCUT2D eigenvalue weighted by Gasteiger charge is -2.33. The van der Waals surface area contributed by atoms with Crippen LogP contribution >= 0.6 is 0 Å². The SMILES string of the molecule is N#Cc1ccc(-c2nc3ccccc3n2C(C(=O)NC2CCCCC2)C2CCCCC2)cn1. The topological polar surface area (TPSA) is 83.6 Å². The molecule has 0 spiro atoms. The van der Waals surface area contributed by atoms with E-state index in [2.05, 4.69) is 27.0 Å². The van der Waals surface area contributed by atoms with Gasteiger partial charge in [0.05, 0.1) is 11.0 Å². The quantitative estimate of drug-likeness (QED) is 0.563. The van der Waals surface area contributed by atoms with Crippen molar-refractivity contribution >= 4 is 16.9 Å². The summed E-state index contributed by atoms with van der Waals surface area (Å²) in [6.07, 6.45) is 13.2. The maximum absolute atomic E-state index is 13.9. The number of pyridine rings is 1. The molecule has 1 amide bonds. The molecule has 0 radical (unpaired) electrons. The molecule has 3 aromatic rings. The summed E-state index contributed by atoms with van der Waals surface area (Å²) in [6, 6.07) is 13.7. The van der Waals surface area contributed by atoms with E-state index in [-0.39, 0.29) is 23.9 Å². The van der Waals surface area contributed by atoms with E-state index in [9.17, 15) is 4.79 Å². The van der Waals surface area contributed by atoms with Crippen molar-refractivity contribution in [3.8, 4) is 17.5 Å². The Morgan fingerprint density at radius 1 is 1.00 bits per heavy atom. The van der Waals surface area contributed by atoms with Crippen LogP contribution in [-0.4, -0.2) is 26.5 Å². The van der Waals surface area contributed by atoms with E-state index in [1.54, 1.807) is 12.3 Å². The molecule has 1 unspecified atom stereocenters. The smallest absolute Gasteiger partial charge is 0.243 e. The summed E-state index contributed by atoms with van der Waals surface area (Å²) in [6.45, 7) is 0. The van der Waals surface area contributed by atoms with Crippen LogP contribution in [0.4, 0.5) is 0 Å². The molecule has 6 nitrogen and oxygen atoms in total. The zero-order chi connectivity index (χ0) is 22.6. The van der Waals surface area contributed by atoms with E-state index >= 15 is 0 Å². The van der Waals surface area contributed by atoms with Crippen molar-refractivity contribution in [1.29, 1.82) is 5.26 Å². The first-order valence-corrected chi connectivity index (χ1v) is 12.4. The Bertz CT molecular complexity index is 1150. The minimum absolute atomic E-state index is 0.125. The van der Waals surface area contributed by atoms with E-state index in [4.69, 9.17) is 10.2 Å². The largest absolute Gasteiger partial charge is 0.352 e. The number of nitrogens with zero attached hydrogens (tertiary/aromatic N) is 4.